The Morgan fingerprint density at radius 2 is 1.94 bits per heavy atom. The van der Waals surface area contributed by atoms with E-state index < -0.39 is 12.5 Å². The molecule has 2 N–H and O–H groups in total. The average Bonchev–Trinajstić information content (AvgIpc) is 2.78. The second-order valence-electron chi connectivity index (χ2n) is 6.47. The van der Waals surface area contributed by atoms with Crippen molar-refractivity contribution in [3.8, 4) is 11.5 Å². The van der Waals surface area contributed by atoms with E-state index in [2.05, 4.69) is 15.4 Å². The maximum atomic E-state index is 12.7. The van der Waals surface area contributed by atoms with Gasteiger partial charge in [-0.1, -0.05) is 18.2 Å². The Labute approximate surface area is 185 Å². The summed E-state index contributed by atoms with van der Waals surface area (Å²) in [5.74, 6) is -0.826. The highest BCUT2D eigenvalue weighted by Gasteiger charge is 2.14. The highest BCUT2D eigenvalue weighted by atomic mass is 19.3. The number of carbonyl (C=O) groups excluding carboxylic acids is 2. The molecule has 172 valence electrons. The van der Waals surface area contributed by atoms with E-state index in [9.17, 15) is 18.4 Å². The van der Waals surface area contributed by atoms with Crippen LogP contribution in [-0.2, 0) is 9.53 Å². The third-order valence-electron chi connectivity index (χ3n) is 4.20. The van der Waals surface area contributed by atoms with E-state index in [1.165, 1.54) is 31.4 Å². The summed E-state index contributed by atoms with van der Waals surface area (Å²) in [4.78, 5) is 24.5. The van der Waals surface area contributed by atoms with Crippen molar-refractivity contribution in [3.05, 3.63) is 59.7 Å². The molecule has 2 rings (SSSR count). The first-order valence-electron chi connectivity index (χ1n) is 10.0. The van der Waals surface area contributed by atoms with Crippen LogP contribution in [0.2, 0.25) is 0 Å². The molecule has 0 fully saturated rings. The number of para-hydroxylation sites is 1. The molecule has 0 bridgehead atoms. The monoisotopic (exact) mass is 448 g/mol. The first-order valence-corrected chi connectivity index (χ1v) is 10.0. The van der Waals surface area contributed by atoms with Crippen molar-refractivity contribution in [1.29, 1.82) is 0 Å². The van der Waals surface area contributed by atoms with Crippen molar-refractivity contribution < 1.29 is 32.6 Å². The van der Waals surface area contributed by atoms with Gasteiger partial charge in [-0.15, -0.1) is 0 Å². The van der Waals surface area contributed by atoms with Gasteiger partial charge in [-0.3, -0.25) is 9.59 Å². The minimum absolute atomic E-state index is 0.118. The number of methoxy groups -OCH3 is 1. The summed E-state index contributed by atoms with van der Waals surface area (Å²) in [7, 11) is 1.33. The lowest BCUT2D eigenvalue weighted by Crippen LogP contribution is -2.25. The van der Waals surface area contributed by atoms with E-state index in [1.807, 2.05) is 6.92 Å². The Balaban J connectivity index is 2.01. The highest BCUT2D eigenvalue weighted by Crippen LogP contribution is 2.33. The van der Waals surface area contributed by atoms with Crippen LogP contribution < -0.4 is 20.1 Å². The summed E-state index contributed by atoms with van der Waals surface area (Å²) in [6.45, 7) is 0.529. The van der Waals surface area contributed by atoms with Gasteiger partial charge in [0.25, 0.3) is 5.91 Å². The average molecular weight is 448 g/mol. The lowest BCUT2D eigenvalue weighted by molar-refractivity contribution is -0.111. The van der Waals surface area contributed by atoms with Gasteiger partial charge in [-0.2, -0.15) is 8.78 Å². The number of anilines is 1. The van der Waals surface area contributed by atoms with Gasteiger partial charge in [0.05, 0.1) is 7.11 Å². The number of ether oxygens (including phenoxy) is 3. The summed E-state index contributed by atoms with van der Waals surface area (Å²) in [5, 5.41) is 5.42. The molecule has 9 heteroatoms. The van der Waals surface area contributed by atoms with Crippen molar-refractivity contribution in [2.24, 2.45) is 0 Å². The van der Waals surface area contributed by atoms with E-state index >= 15 is 0 Å². The van der Waals surface area contributed by atoms with Gasteiger partial charge in [0.2, 0.25) is 5.91 Å². The zero-order chi connectivity index (χ0) is 23.3. The molecular weight excluding hydrogens is 422 g/mol. The predicted octanol–water partition coefficient (Wildman–Crippen LogP) is 4.10. The Morgan fingerprint density at radius 3 is 2.66 bits per heavy atom. The molecule has 0 aliphatic carbocycles. The fourth-order valence-corrected chi connectivity index (χ4v) is 2.75. The quantitative estimate of drug-likeness (QED) is 0.377. The predicted molar refractivity (Wildman–Crippen MR) is 117 cm³/mol. The molecule has 32 heavy (non-hydrogen) atoms. The Hall–Kier alpha value is -3.46. The molecule has 0 spiro atoms. The molecule has 0 heterocycles. The topological polar surface area (TPSA) is 85.9 Å². The second kappa shape index (κ2) is 13.1. The van der Waals surface area contributed by atoms with Crippen molar-refractivity contribution in [1.82, 2.24) is 5.32 Å². The van der Waals surface area contributed by atoms with Crippen LogP contribution in [-0.4, -0.2) is 45.3 Å². The van der Waals surface area contributed by atoms with Crippen molar-refractivity contribution >= 4 is 23.6 Å². The molecule has 0 saturated heterocycles. The number of nitrogens with one attached hydrogen (secondary N) is 2. The molecule has 0 atom stereocenters. The number of hydrogen-bond donors (Lipinski definition) is 2. The maximum Gasteiger partial charge on any atom is 0.387 e. The minimum Gasteiger partial charge on any atom is -0.493 e. The summed E-state index contributed by atoms with van der Waals surface area (Å²) >= 11 is 0. The fraction of sp³-hybridized carbons (Fsp3) is 0.304. The summed E-state index contributed by atoms with van der Waals surface area (Å²) in [5.41, 5.74) is 1.06. The van der Waals surface area contributed by atoms with Gasteiger partial charge in [-0.25, -0.2) is 0 Å². The Kier molecular flexibility index (Phi) is 10.1. The largest absolute Gasteiger partial charge is 0.493 e. The van der Waals surface area contributed by atoms with Crippen LogP contribution in [0.25, 0.3) is 6.08 Å². The normalized spacial score (nSPS) is 10.9. The van der Waals surface area contributed by atoms with Crippen LogP contribution in [0.4, 0.5) is 14.5 Å². The Bertz CT molecular complexity index is 934. The third kappa shape index (κ3) is 7.99. The van der Waals surface area contributed by atoms with Crippen LogP contribution >= 0.6 is 0 Å². The van der Waals surface area contributed by atoms with Gasteiger partial charge in [0.1, 0.15) is 0 Å². The van der Waals surface area contributed by atoms with Gasteiger partial charge < -0.3 is 24.8 Å². The number of carbonyl (C=O) groups is 2. The molecule has 0 aromatic heterocycles. The molecule has 2 aromatic carbocycles. The van der Waals surface area contributed by atoms with E-state index in [0.29, 0.717) is 37.4 Å². The molecule has 2 amide bonds. The fourth-order valence-electron chi connectivity index (χ4n) is 2.75. The van der Waals surface area contributed by atoms with Gasteiger partial charge in [0.15, 0.2) is 11.5 Å². The molecule has 7 nitrogen and oxygen atoms in total. The Morgan fingerprint density at radius 1 is 1.16 bits per heavy atom. The molecule has 0 radical (unpaired) electrons. The summed E-state index contributed by atoms with van der Waals surface area (Å²) in [6.07, 6.45) is 3.21. The number of rotatable bonds is 12. The van der Waals surface area contributed by atoms with Crippen molar-refractivity contribution in [3.63, 3.8) is 0 Å². The smallest absolute Gasteiger partial charge is 0.387 e. The van der Waals surface area contributed by atoms with Crippen molar-refractivity contribution in [2.75, 3.05) is 32.2 Å². The molecule has 0 saturated carbocycles. The molecule has 2 aromatic rings. The van der Waals surface area contributed by atoms with Crippen LogP contribution in [0.5, 0.6) is 11.5 Å². The second-order valence-corrected chi connectivity index (χ2v) is 6.47. The number of alkyl halides is 2. The van der Waals surface area contributed by atoms with Gasteiger partial charge >= 0.3 is 6.61 Å². The zero-order valence-corrected chi connectivity index (χ0v) is 17.9. The molecule has 0 aliphatic heterocycles. The van der Waals surface area contributed by atoms with Crippen LogP contribution in [0.3, 0.4) is 0 Å². The first kappa shape index (κ1) is 24.8. The SMILES string of the molecule is CCOCCCNC(=O)c1cccc(NC(=O)C=Cc2cccc(OC)c2OC(F)F)c1. The standard InChI is InChI=1S/C23H26F2N2O5/c1-3-31-14-6-13-26-22(29)17-8-4-9-18(15-17)27-20(28)12-11-16-7-5-10-19(30-2)21(16)32-23(24)25/h4-5,7-12,15,23H,3,6,13-14H2,1-2H3,(H,26,29)(H,27,28). The zero-order valence-electron chi connectivity index (χ0n) is 17.9. The van der Waals surface area contributed by atoms with E-state index in [4.69, 9.17) is 9.47 Å². The van der Waals surface area contributed by atoms with E-state index in [0.717, 1.165) is 0 Å². The number of benzene rings is 2. The maximum absolute atomic E-state index is 12.7. The highest BCUT2D eigenvalue weighted by molar-refractivity contribution is 6.03. The molecule has 0 aliphatic rings. The first-order chi connectivity index (χ1) is 15.4. The number of halogens is 2. The van der Waals surface area contributed by atoms with E-state index in [1.54, 1.807) is 30.3 Å². The van der Waals surface area contributed by atoms with Crippen LogP contribution in [0.1, 0.15) is 29.3 Å². The summed E-state index contributed by atoms with van der Waals surface area (Å²) in [6, 6.07) is 11.0. The third-order valence-corrected chi connectivity index (χ3v) is 4.20. The van der Waals surface area contributed by atoms with Gasteiger partial charge in [0, 0.05) is 42.6 Å². The van der Waals surface area contributed by atoms with Crippen molar-refractivity contribution in [2.45, 2.75) is 20.0 Å². The summed E-state index contributed by atoms with van der Waals surface area (Å²) < 4.78 is 40.2. The van der Waals surface area contributed by atoms with E-state index in [-0.39, 0.29) is 23.0 Å². The minimum atomic E-state index is -3.04. The number of hydrogen-bond acceptors (Lipinski definition) is 5. The van der Waals surface area contributed by atoms with Crippen LogP contribution in [0, 0.1) is 0 Å². The number of amides is 2. The molecule has 0 unspecified atom stereocenters. The lowest BCUT2D eigenvalue weighted by atomic mass is 10.1. The molecular formula is C23H26F2N2O5. The van der Waals surface area contributed by atoms with Crippen LogP contribution in [0.15, 0.2) is 48.5 Å². The van der Waals surface area contributed by atoms with Gasteiger partial charge in [-0.05, 0) is 43.7 Å². The lowest BCUT2D eigenvalue weighted by Gasteiger charge is -2.12.